The Morgan fingerprint density at radius 1 is 1.00 bits per heavy atom. The van der Waals surface area contributed by atoms with Crippen molar-refractivity contribution in [2.24, 2.45) is 5.73 Å². The molecule has 0 fully saturated rings. The van der Waals surface area contributed by atoms with Crippen LogP contribution in [0.3, 0.4) is 0 Å². The molecule has 1 aromatic carbocycles. The highest BCUT2D eigenvalue weighted by Gasteiger charge is 2.17. The summed E-state index contributed by atoms with van der Waals surface area (Å²) in [6.45, 7) is 0. The second kappa shape index (κ2) is 7.46. The molecule has 1 atom stereocenters. The smallest absolute Gasteiger partial charge is 0.175 e. The fourth-order valence-electron chi connectivity index (χ4n) is 1.37. The molecule has 0 aliphatic rings. The van der Waals surface area contributed by atoms with Gasteiger partial charge in [-0.05, 0) is 17.7 Å². The molecule has 2 N–H and O–H groups in total. The van der Waals surface area contributed by atoms with Crippen molar-refractivity contribution in [3.8, 4) is 5.75 Å². The van der Waals surface area contributed by atoms with Crippen LogP contribution in [-0.4, -0.2) is 27.6 Å². The lowest BCUT2D eigenvalue weighted by molar-refractivity contribution is -0.117. The Kier molecular flexibility index (Phi) is 7.08. The summed E-state index contributed by atoms with van der Waals surface area (Å²) in [5.74, 6) is 0.803. The number of halogens is 1. The molecule has 0 saturated carbocycles. The first-order valence-electron chi connectivity index (χ1n) is 4.68. The van der Waals surface area contributed by atoms with Gasteiger partial charge >= 0.3 is 0 Å². The van der Waals surface area contributed by atoms with E-state index in [1.165, 1.54) is 0 Å². The van der Waals surface area contributed by atoms with Gasteiger partial charge in [0.1, 0.15) is 5.75 Å². The van der Waals surface area contributed by atoms with Crippen molar-refractivity contribution in [3.63, 3.8) is 0 Å². The minimum Gasteiger partial charge on any atom is -0.497 e. The monoisotopic (exact) mass is 247 g/mol. The van der Waals surface area contributed by atoms with Crippen molar-refractivity contribution < 1.29 is 14.2 Å². The molecule has 0 saturated heterocycles. The molecule has 0 aliphatic heterocycles. The SMILES string of the molecule is COc1ccc(C(N)C(OC)OC)cc1.Cl. The predicted octanol–water partition coefficient (Wildman–Crippen LogP) is 1.74. The number of hydrogen-bond acceptors (Lipinski definition) is 4. The van der Waals surface area contributed by atoms with Crippen LogP contribution in [0.4, 0.5) is 0 Å². The van der Waals surface area contributed by atoms with Crippen LogP contribution in [0, 0.1) is 0 Å². The van der Waals surface area contributed by atoms with Crippen LogP contribution in [0.5, 0.6) is 5.75 Å². The van der Waals surface area contributed by atoms with Gasteiger partial charge in [0.05, 0.1) is 13.2 Å². The van der Waals surface area contributed by atoms with Gasteiger partial charge in [-0.2, -0.15) is 0 Å². The molecular weight excluding hydrogens is 230 g/mol. The van der Waals surface area contributed by atoms with E-state index in [0.717, 1.165) is 11.3 Å². The largest absolute Gasteiger partial charge is 0.497 e. The first-order chi connectivity index (χ1) is 7.22. The quantitative estimate of drug-likeness (QED) is 0.806. The zero-order chi connectivity index (χ0) is 11.3. The van der Waals surface area contributed by atoms with Gasteiger partial charge in [-0.25, -0.2) is 0 Å². The van der Waals surface area contributed by atoms with E-state index < -0.39 is 6.29 Å². The second-order valence-corrected chi connectivity index (χ2v) is 3.14. The minimum atomic E-state index is -0.432. The average molecular weight is 248 g/mol. The highest BCUT2D eigenvalue weighted by molar-refractivity contribution is 5.85. The Bertz CT molecular complexity index is 288. The molecule has 0 aliphatic carbocycles. The van der Waals surface area contributed by atoms with Crippen LogP contribution in [-0.2, 0) is 9.47 Å². The maximum absolute atomic E-state index is 5.96. The number of benzene rings is 1. The van der Waals surface area contributed by atoms with Crippen molar-refractivity contribution in [1.82, 2.24) is 0 Å². The molecule has 92 valence electrons. The van der Waals surface area contributed by atoms with Gasteiger partial charge in [-0.15, -0.1) is 12.4 Å². The van der Waals surface area contributed by atoms with Crippen LogP contribution in [0.25, 0.3) is 0 Å². The maximum atomic E-state index is 5.96. The Hall–Kier alpha value is -0.810. The van der Waals surface area contributed by atoms with E-state index in [9.17, 15) is 0 Å². The van der Waals surface area contributed by atoms with Gasteiger partial charge in [-0.3, -0.25) is 0 Å². The van der Waals surface area contributed by atoms with E-state index in [0.29, 0.717) is 0 Å². The van der Waals surface area contributed by atoms with Crippen molar-refractivity contribution in [2.45, 2.75) is 12.3 Å². The van der Waals surface area contributed by atoms with Crippen LogP contribution >= 0.6 is 12.4 Å². The standard InChI is InChI=1S/C11H17NO3.ClH/c1-13-9-6-4-8(5-7-9)10(12)11(14-2)15-3;/h4-7,10-11H,12H2,1-3H3;1H. The third-order valence-electron chi connectivity index (χ3n) is 2.26. The minimum absolute atomic E-state index is 0. The molecule has 4 nitrogen and oxygen atoms in total. The molecule has 1 unspecified atom stereocenters. The van der Waals surface area contributed by atoms with Crippen molar-refractivity contribution in [2.75, 3.05) is 21.3 Å². The first kappa shape index (κ1) is 15.2. The van der Waals surface area contributed by atoms with Gasteiger partial charge < -0.3 is 19.9 Å². The summed E-state index contributed by atoms with van der Waals surface area (Å²) in [5, 5.41) is 0. The van der Waals surface area contributed by atoms with E-state index in [1.807, 2.05) is 24.3 Å². The summed E-state index contributed by atoms with van der Waals surface area (Å²) in [6.07, 6.45) is -0.432. The van der Waals surface area contributed by atoms with Crippen LogP contribution in [0.1, 0.15) is 11.6 Å². The molecule has 0 aromatic heterocycles. The van der Waals surface area contributed by atoms with Gasteiger partial charge in [0.2, 0.25) is 0 Å². The lowest BCUT2D eigenvalue weighted by Gasteiger charge is -2.21. The second-order valence-electron chi connectivity index (χ2n) is 3.14. The lowest BCUT2D eigenvalue weighted by Crippen LogP contribution is -2.29. The molecular formula is C11H18ClNO3. The zero-order valence-corrected chi connectivity index (χ0v) is 10.5. The number of hydrogen-bond donors (Lipinski definition) is 1. The summed E-state index contributed by atoms with van der Waals surface area (Å²) in [6, 6.07) is 7.21. The van der Waals surface area contributed by atoms with Gasteiger partial charge in [0, 0.05) is 14.2 Å². The van der Waals surface area contributed by atoms with Crippen LogP contribution in [0.15, 0.2) is 24.3 Å². The normalized spacial score (nSPS) is 12.1. The van der Waals surface area contributed by atoms with E-state index in [4.69, 9.17) is 19.9 Å². The number of rotatable bonds is 5. The number of ether oxygens (including phenoxy) is 3. The Labute approximate surface area is 102 Å². The van der Waals surface area contributed by atoms with E-state index in [2.05, 4.69) is 0 Å². The Morgan fingerprint density at radius 3 is 1.88 bits per heavy atom. The van der Waals surface area contributed by atoms with Crippen molar-refractivity contribution in [1.29, 1.82) is 0 Å². The highest BCUT2D eigenvalue weighted by Crippen LogP contribution is 2.19. The van der Waals surface area contributed by atoms with Crippen LogP contribution in [0.2, 0.25) is 0 Å². The summed E-state index contributed by atoms with van der Waals surface area (Å²) in [7, 11) is 4.76. The molecule has 0 spiro atoms. The molecule has 0 amide bonds. The Morgan fingerprint density at radius 2 is 1.50 bits per heavy atom. The third-order valence-corrected chi connectivity index (χ3v) is 2.26. The molecule has 0 radical (unpaired) electrons. The summed E-state index contributed by atoms with van der Waals surface area (Å²) >= 11 is 0. The summed E-state index contributed by atoms with van der Waals surface area (Å²) in [5.41, 5.74) is 6.91. The lowest BCUT2D eigenvalue weighted by atomic mass is 10.1. The Balaban J connectivity index is 0.00000225. The predicted molar refractivity (Wildman–Crippen MR) is 65.0 cm³/mol. The fraction of sp³-hybridized carbons (Fsp3) is 0.455. The van der Waals surface area contributed by atoms with Crippen molar-refractivity contribution >= 4 is 12.4 Å². The highest BCUT2D eigenvalue weighted by atomic mass is 35.5. The molecule has 0 bridgehead atoms. The van der Waals surface area contributed by atoms with Crippen molar-refractivity contribution in [3.05, 3.63) is 29.8 Å². The molecule has 1 aromatic rings. The summed E-state index contributed by atoms with van der Waals surface area (Å²) < 4.78 is 15.2. The zero-order valence-electron chi connectivity index (χ0n) is 9.67. The molecule has 1 rings (SSSR count). The average Bonchev–Trinajstić information content (AvgIpc) is 2.30. The van der Waals surface area contributed by atoms with E-state index >= 15 is 0 Å². The topological polar surface area (TPSA) is 53.7 Å². The molecule has 16 heavy (non-hydrogen) atoms. The third kappa shape index (κ3) is 3.64. The van der Waals surface area contributed by atoms with Gasteiger partial charge in [0.15, 0.2) is 6.29 Å². The van der Waals surface area contributed by atoms with E-state index in [1.54, 1.807) is 21.3 Å². The molecule has 0 heterocycles. The molecule has 5 heteroatoms. The number of nitrogens with two attached hydrogens (primary N) is 1. The maximum Gasteiger partial charge on any atom is 0.175 e. The van der Waals surface area contributed by atoms with E-state index in [-0.39, 0.29) is 18.4 Å². The summed E-state index contributed by atoms with van der Waals surface area (Å²) in [4.78, 5) is 0. The van der Waals surface area contributed by atoms with Gasteiger partial charge in [0.25, 0.3) is 0 Å². The first-order valence-corrected chi connectivity index (χ1v) is 4.68. The van der Waals surface area contributed by atoms with Crippen LogP contribution < -0.4 is 10.5 Å². The van der Waals surface area contributed by atoms with Gasteiger partial charge in [-0.1, -0.05) is 12.1 Å². The fourth-order valence-corrected chi connectivity index (χ4v) is 1.37. The number of methoxy groups -OCH3 is 3.